The molecule has 0 unspecified atom stereocenters. The van der Waals surface area contributed by atoms with Gasteiger partial charge in [0.25, 0.3) is 6.71 Å². The number of carbonyl (C=O) groups is 2. The highest BCUT2D eigenvalue weighted by Gasteiger charge is 2.41. The van der Waals surface area contributed by atoms with Gasteiger partial charge in [-0.3, -0.25) is 0 Å². The van der Waals surface area contributed by atoms with E-state index in [1.165, 1.54) is 32.7 Å². The SMILES string of the molecule is O=C(O)c1ccc(-c2cc3c4c(c2)-n2c5ccccc5c5cc(-c6ccc(C(=O)O)cc6)cc(c52)B4c2cccc4c5ccccc5n-3c24)cc1. The smallest absolute Gasteiger partial charge is 0.335 e. The van der Waals surface area contributed by atoms with Gasteiger partial charge in [0.1, 0.15) is 0 Å². The molecule has 0 radical (unpaired) electrons. The molecule has 6 nitrogen and oxygen atoms in total. The normalized spacial score (nSPS) is 12.6. The molecule has 9 aromatic rings. The molecule has 11 rings (SSSR count). The number of carboxylic acid groups (broad SMARTS) is 2. The fourth-order valence-electron chi connectivity index (χ4n) is 8.84. The molecule has 7 aromatic carbocycles. The van der Waals surface area contributed by atoms with E-state index in [9.17, 15) is 19.8 Å². The molecule has 2 aromatic heterocycles. The number of fused-ring (bicyclic) bond motifs is 10. The summed E-state index contributed by atoms with van der Waals surface area (Å²) in [7, 11) is 0. The Morgan fingerprint density at radius 2 is 0.941 bits per heavy atom. The summed E-state index contributed by atoms with van der Waals surface area (Å²) in [6.07, 6.45) is 0. The van der Waals surface area contributed by atoms with Crippen LogP contribution < -0.4 is 16.4 Å². The van der Waals surface area contributed by atoms with Crippen LogP contribution in [0.1, 0.15) is 20.7 Å². The van der Waals surface area contributed by atoms with Crippen molar-refractivity contribution >= 4 is 78.7 Å². The third-order valence-electron chi connectivity index (χ3n) is 11.0. The van der Waals surface area contributed by atoms with Crippen LogP contribution in [-0.4, -0.2) is 38.0 Å². The maximum Gasteiger partial charge on any atom is 0.335 e. The first kappa shape index (κ1) is 28.0. The highest BCUT2D eigenvalue weighted by Crippen LogP contribution is 2.41. The molecule has 7 heteroatoms. The molecule has 4 heterocycles. The van der Waals surface area contributed by atoms with Crippen LogP contribution >= 0.6 is 0 Å². The van der Waals surface area contributed by atoms with Crippen LogP contribution in [-0.2, 0) is 0 Å². The van der Waals surface area contributed by atoms with Crippen molar-refractivity contribution in [3.63, 3.8) is 0 Å². The Kier molecular flexibility index (Phi) is 5.42. The highest BCUT2D eigenvalue weighted by atomic mass is 16.4. The van der Waals surface area contributed by atoms with Crippen molar-refractivity contribution in [2.24, 2.45) is 0 Å². The molecule has 2 N–H and O–H groups in total. The van der Waals surface area contributed by atoms with Gasteiger partial charge >= 0.3 is 11.9 Å². The van der Waals surface area contributed by atoms with Crippen LogP contribution in [0.5, 0.6) is 0 Å². The van der Waals surface area contributed by atoms with E-state index in [4.69, 9.17) is 0 Å². The Balaban J connectivity index is 1.31. The lowest BCUT2D eigenvalue weighted by atomic mass is 9.34. The number of rotatable bonds is 4. The number of hydrogen-bond donors (Lipinski definition) is 2. The van der Waals surface area contributed by atoms with Crippen LogP contribution in [0.2, 0.25) is 0 Å². The Morgan fingerprint density at radius 1 is 0.451 bits per heavy atom. The van der Waals surface area contributed by atoms with Gasteiger partial charge in [-0.2, -0.15) is 0 Å². The summed E-state index contributed by atoms with van der Waals surface area (Å²) in [5.74, 6) is -1.89. The molecular formula is C44H25BN2O4. The highest BCUT2D eigenvalue weighted by molar-refractivity contribution is 7.00. The van der Waals surface area contributed by atoms with Crippen molar-refractivity contribution < 1.29 is 19.8 Å². The summed E-state index contributed by atoms with van der Waals surface area (Å²) in [6.45, 7) is -0.0727. The predicted molar refractivity (Wildman–Crippen MR) is 205 cm³/mol. The van der Waals surface area contributed by atoms with Gasteiger partial charge in [0, 0.05) is 44.0 Å². The molecule has 0 amide bonds. The van der Waals surface area contributed by atoms with E-state index < -0.39 is 11.9 Å². The zero-order valence-electron chi connectivity index (χ0n) is 27.0. The van der Waals surface area contributed by atoms with E-state index in [0.29, 0.717) is 0 Å². The minimum Gasteiger partial charge on any atom is -0.478 e. The predicted octanol–water partition coefficient (Wildman–Crippen LogP) is 7.75. The summed E-state index contributed by atoms with van der Waals surface area (Å²) in [5, 5.41) is 23.9. The molecule has 238 valence electrons. The molecule has 0 bridgehead atoms. The second-order valence-electron chi connectivity index (χ2n) is 13.5. The summed E-state index contributed by atoms with van der Waals surface area (Å²) in [5.41, 5.74) is 14.9. The summed E-state index contributed by atoms with van der Waals surface area (Å²) >= 11 is 0. The maximum atomic E-state index is 11.7. The minimum atomic E-state index is -0.947. The van der Waals surface area contributed by atoms with E-state index in [0.717, 1.165) is 61.0 Å². The second kappa shape index (κ2) is 9.86. The first-order valence-electron chi connectivity index (χ1n) is 16.9. The van der Waals surface area contributed by atoms with Gasteiger partial charge < -0.3 is 19.3 Å². The third kappa shape index (κ3) is 3.67. The number of para-hydroxylation sites is 3. The number of benzene rings is 7. The van der Waals surface area contributed by atoms with Gasteiger partial charge in [-0.15, -0.1) is 0 Å². The molecule has 0 spiro atoms. The van der Waals surface area contributed by atoms with Crippen molar-refractivity contribution in [2.75, 3.05) is 0 Å². The molecule has 0 fully saturated rings. The van der Waals surface area contributed by atoms with Gasteiger partial charge in [0.15, 0.2) is 0 Å². The van der Waals surface area contributed by atoms with E-state index in [2.05, 4.69) is 100 Å². The summed E-state index contributed by atoms with van der Waals surface area (Å²) in [6, 6.07) is 47.2. The Hall–Kier alpha value is -6.86. The van der Waals surface area contributed by atoms with Crippen LogP contribution in [0.4, 0.5) is 0 Å². The van der Waals surface area contributed by atoms with Crippen LogP contribution in [0.15, 0.2) is 140 Å². The molecule has 2 aliphatic heterocycles. The van der Waals surface area contributed by atoms with Gasteiger partial charge in [0.05, 0.1) is 22.2 Å². The lowest BCUT2D eigenvalue weighted by Gasteiger charge is -2.34. The lowest BCUT2D eigenvalue weighted by Crippen LogP contribution is -2.59. The first-order chi connectivity index (χ1) is 25.0. The average Bonchev–Trinajstić information content (AvgIpc) is 3.69. The molecule has 2 aliphatic rings. The van der Waals surface area contributed by atoms with Crippen LogP contribution in [0.25, 0.3) is 77.2 Å². The van der Waals surface area contributed by atoms with Crippen molar-refractivity contribution in [1.29, 1.82) is 0 Å². The number of carboxylic acids is 2. The van der Waals surface area contributed by atoms with Gasteiger partial charge in [-0.05, 0) is 93.2 Å². The van der Waals surface area contributed by atoms with E-state index in [1.54, 1.807) is 24.3 Å². The molecule has 0 aliphatic carbocycles. The molecule has 0 atom stereocenters. The number of aromatic carboxylic acids is 2. The van der Waals surface area contributed by atoms with E-state index in [1.807, 2.05) is 24.3 Å². The minimum absolute atomic E-state index is 0.0727. The van der Waals surface area contributed by atoms with Gasteiger partial charge in [-0.1, -0.05) is 84.9 Å². The number of nitrogens with zero attached hydrogens (tertiary/aromatic N) is 2. The standard InChI is InChI=1S/C44H25BN2O4/c48-43(49)26-16-12-24(13-17-26)28-20-33-31-7-2-4-11-37(31)47-39-23-29(25-14-18-27(19-15-25)44(50)51)22-38-40(39)45(35(21-28)42(33)47)34-9-5-8-32-30-6-1-3-10-36(30)46(38)41(32)34/h1-23H,(H,48,49)(H,50,51). The number of hydrogen-bond acceptors (Lipinski definition) is 2. The summed E-state index contributed by atoms with van der Waals surface area (Å²) < 4.78 is 4.84. The largest absolute Gasteiger partial charge is 0.478 e. The van der Waals surface area contributed by atoms with Crippen LogP contribution in [0, 0.1) is 0 Å². The third-order valence-corrected chi connectivity index (χ3v) is 11.0. The Bertz CT molecular complexity index is 3030. The fourth-order valence-corrected chi connectivity index (χ4v) is 8.84. The zero-order chi connectivity index (χ0) is 34.1. The first-order valence-corrected chi connectivity index (χ1v) is 16.9. The average molecular weight is 657 g/mol. The topological polar surface area (TPSA) is 84.5 Å². The second-order valence-corrected chi connectivity index (χ2v) is 13.5. The van der Waals surface area contributed by atoms with Crippen molar-refractivity contribution in [2.45, 2.75) is 0 Å². The summed E-state index contributed by atoms with van der Waals surface area (Å²) in [4.78, 5) is 23.4. The van der Waals surface area contributed by atoms with Crippen LogP contribution in [0.3, 0.4) is 0 Å². The quantitative estimate of drug-likeness (QED) is 0.190. The Morgan fingerprint density at radius 3 is 1.51 bits per heavy atom. The molecule has 0 saturated carbocycles. The lowest BCUT2D eigenvalue weighted by molar-refractivity contribution is 0.0686. The van der Waals surface area contributed by atoms with Crippen molar-refractivity contribution in [3.05, 3.63) is 151 Å². The van der Waals surface area contributed by atoms with Crippen molar-refractivity contribution in [3.8, 4) is 33.6 Å². The monoisotopic (exact) mass is 656 g/mol. The van der Waals surface area contributed by atoms with Crippen molar-refractivity contribution in [1.82, 2.24) is 9.13 Å². The van der Waals surface area contributed by atoms with E-state index in [-0.39, 0.29) is 17.8 Å². The Labute approximate surface area is 291 Å². The number of aromatic nitrogens is 2. The maximum absolute atomic E-state index is 11.7. The fraction of sp³-hybridized carbons (Fsp3) is 0. The molecule has 0 saturated heterocycles. The van der Waals surface area contributed by atoms with Gasteiger partial charge in [0.2, 0.25) is 0 Å². The van der Waals surface area contributed by atoms with E-state index >= 15 is 0 Å². The molecular weight excluding hydrogens is 631 g/mol. The van der Waals surface area contributed by atoms with Gasteiger partial charge in [-0.25, -0.2) is 9.59 Å². The zero-order valence-corrected chi connectivity index (χ0v) is 27.0. The molecule has 51 heavy (non-hydrogen) atoms.